The quantitative estimate of drug-likeness (QED) is 0.812. The highest BCUT2D eigenvalue weighted by Crippen LogP contribution is 2.29. The molecule has 1 aromatic heterocycles. The lowest BCUT2D eigenvalue weighted by molar-refractivity contribution is 0.0903. The molecule has 120 valence electrons. The monoisotopic (exact) mass is 311 g/mol. The van der Waals surface area contributed by atoms with Crippen LogP contribution in [0.15, 0.2) is 40.8 Å². The van der Waals surface area contributed by atoms with Gasteiger partial charge in [-0.15, -0.1) is 0 Å². The first-order valence-corrected chi connectivity index (χ1v) is 8.18. The van der Waals surface area contributed by atoms with Crippen LogP contribution in [0.4, 0.5) is 5.69 Å². The summed E-state index contributed by atoms with van der Waals surface area (Å²) in [6.45, 7) is 0. The number of hydrogen-bond acceptors (Lipinski definition) is 4. The Kier molecular flexibility index (Phi) is 3.58. The molecule has 5 nitrogen and oxygen atoms in total. The second kappa shape index (κ2) is 5.74. The molecule has 0 aliphatic carbocycles. The minimum Gasteiger partial charge on any atom is -0.451 e. The molecule has 23 heavy (non-hydrogen) atoms. The molecule has 2 saturated heterocycles. The van der Waals surface area contributed by atoms with E-state index in [1.165, 1.54) is 6.42 Å². The smallest absolute Gasteiger partial charge is 0.287 e. The molecule has 1 amide bonds. The van der Waals surface area contributed by atoms with Crippen molar-refractivity contribution in [2.24, 2.45) is 0 Å². The summed E-state index contributed by atoms with van der Waals surface area (Å²) >= 11 is 0. The molecular formula is C18H21N3O2. The normalized spacial score (nSPS) is 25.5. The lowest BCUT2D eigenvalue weighted by Crippen LogP contribution is -2.42. The van der Waals surface area contributed by atoms with E-state index in [1.807, 2.05) is 37.4 Å². The van der Waals surface area contributed by atoms with Crippen molar-refractivity contribution in [1.82, 2.24) is 10.6 Å². The highest BCUT2D eigenvalue weighted by molar-refractivity contribution is 5.92. The lowest BCUT2D eigenvalue weighted by Gasteiger charge is -2.20. The van der Waals surface area contributed by atoms with E-state index in [1.54, 1.807) is 6.07 Å². The second-order valence-electron chi connectivity index (χ2n) is 6.36. The molecule has 3 heterocycles. The van der Waals surface area contributed by atoms with Crippen molar-refractivity contribution in [2.45, 2.75) is 37.4 Å². The molecule has 1 aromatic carbocycles. The van der Waals surface area contributed by atoms with Gasteiger partial charge in [-0.1, -0.05) is 12.1 Å². The van der Waals surface area contributed by atoms with Crippen molar-refractivity contribution in [3.63, 3.8) is 0 Å². The van der Waals surface area contributed by atoms with Gasteiger partial charge in [-0.25, -0.2) is 0 Å². The number of hydrogen-bond donors (Lipinski definition) is 3. The van der Waals surface area contributed by atoms with Crippen LogP contribution < -0.4 is 16.0 Å². The summed E-state index contributed by atoms with van der Waals surface area (Å²) in [5, 5.41) is 9.73. The fourth-order valence-corrected chi connectivity index (χ4v) is 3.67. The lowest BCUT2D eigenvalue weighted by atomic mass is 9.95. The third-order valence-electron chi connectivity index (χ3n) is 4.88. The van der Waals surface area contributed by atoms with Gasteiger partial charge in [0.15, 0.2) is 5.76 Å². The average molecular weight is 311 g/mol. The van der Waals surface area contributed by atoms with Gasteiger partial charge < -0.3 is 20.4 Å². The summed E-state index contributed by atoms with van der Waals surface area (Å²) in [4.78, 5) is 12.4. The zero-order chi connectivity index (χ0) is 15.8. The van der Waals surface area contributed by atoms with Crippen LogP contribution >= 0.6 is 0 Å². The van der Waals surface area contributed by atoms with Crippen molar-refractivity contribution in [3.05, 3.63) is 42.2 Å². The molecular weight excluding hydrogens is 290 g/mol. The largest absolute Gasteiger partial charge is 0.451 e. The number of benzene rings is 1. The third kappa shape index (κ3) is 2.72. The first kappa shape index (κ1) is 14.3. The topological polar surface area (TPSA) is 66.3 Å². The van der Waals surface area contributed by atoms with Crippen LogP contribution in [0.25, 0.3) is 11.3 Å². The highest BCUT2D eigenvalue weighted by Gasteiger charge is 2.39. The molecule has 3 unspecified atom stereocenters. The number of anilines is 1. The standard InChI is InChI=1S/C18H21N3O2/c1-19-12-4-2-3-11(9-12)16-7-8-17(23-16)18(22)21-15-10-13-5-6-14(15)20-13/h2-4,7-9,13-15,19-20H,5-6,10H2,1H3,(H,21,22). The van der Waals surface area contributed by atoms with E-state index in [0.29, 0.717) is 23.6 Å². The Bertz CT molecular complexity index is 725. The molecule has 2 aromatic rings. The first-order chi connectivity index (χ1) is 11.2. The highest BCUT2D eigenvalue weighted by atomic mass is 16.3. The van der Waals surface area contributed by atoms with E-state index in [-0.39, 0.29) is 11.9 Å². The maximum absolute atomic E-state index is 12.4. The number of rotatable bonds is 4. The van der Waals surface area contributed by atoms with E-state index in [2.05, 4.69) is 16.0 Å². The molecule has 2 aliphatic rings. The van der Waals surface area contributed by atoms with E-state index < -0.39 is 0 Å². The molecule has 3 atom stereocenters. The number of amides is 1. The van der Waals surface area contributed by atoms with E-state index in [9.17, 15) is 4.79 Å². The predicted molar refractivity (Wildman–Crippen MR) is 89.5 cm³/mol. The predicted octanol–water partition coefficient (Wildman–Crippen LogP) is 2.61. The van der Waals surface area contributed by atoms with Crippen molar-refractivity contribution >= 4 is 11.6 Å². The van der Waals surface area contributed by atoms with Crippen LogP contribution in [0.3, 0.4) is 0 Å². The average Bonchev–Trinajstić information content (AvgIpc) is 3.31. The zero-order valence-electron chi connectivity index (χ0n) is 13.1. The Balaban J connectivity index is 1.47. The minimum atomic E-state index is -0.125. The summed E-state index contributed by atoms with van der Waals surface area (Å²) in [6, 6.07) is 12.7. The van der Waals surface area contributed by atoms with Gasteiger partial charge in [0.1, 0.15) is 5.76 Å². The first-order valence-electron chi connectivity index (χ1n) is 8.18. The maximum atomic E-state index is 12.4. The van der Waals surface area contributed by atoms with Gasteiger partial charge in [0, 0.05) is 36.4 Å². The van der Waals surface area contributed by atoms with Gasteiger partial charge >= 0.3 is 0 Å². The summed E-state index contributed by atoms with van der Waals surface area (Å²) in [7, 11) is 1.88. The van der Waals surface area contributed by atoms with Crippen LogP contribution in [-0.4, -0.2) is 31.1 Å². The summed E-state index contributed by atoms with van der Waals surface area (Å²) < 4.78 is 5.76. The van der Waals surface area contributed by atoms with Gasteiger partial charge in [0.25, 0.3) is 5.91 Å². The number of fused-ring (bicyclic) bond motifs is 2. The van der Waals surface area contributed by atoms with Gasteiger partial charge in [-0.3, -0.25) is 4.79 Å². The van der Waals surface area contributed by atoms with Crippen molar-refractivity contribution in [3.8, 4) is 11.3 Å². The van der Waals surface area contributed by atoms with Gasteiger partial charge in [-0.05, 0) is 43.5 Å². The number of carbonyl (C=O) groups excluding carboxylic acids is 1. The van der Waals surface area contributed by atoms with Crippen LogP contribution in [0.1, 0.15) is 29.8 Å². The SMILES string of the molecule is CNc1cccc(-c2ccc(C(=O)NC3CC4CCC3N4)o2)c1. The van der Waals surface area contributed by atoms with Gasteiger partial charge in [-0.2, -0.15) is 0 Å². The fraction of sp³-hybridized carbons (Fsp3) is 0.389. The fourth-order valence-electron chi connectivity index (χ4n) is 3.67. The van der Waals surface area contributed by atoms with Crippen LogP contribution in [0.2, 0.25) is 0 Å². The Morgan fingerprint density at radius 2 is 2.17 bits per heavy atom. The molecule has 2 fully saturated rings. The van der Waals surface area contributed by atoms with Gasteiger partial charge in [0.05, 0.1) is 0 Å². The van der Waals surface area contributed by atoms with Gasteiger partial charge in [0.2, 0.25) is 0 Å². The van der Waals surface area contributed by atoms with E-state index in [0.717, 1.165) is 24.1 Å². The Hall–Kier alpha value is -2.27. The van der Waals surface area contributed by atoms with Crippen molar-refractivity contribution < 1.29 is 9.21 Å². The number of furan rings is 1. The molecule has 4 rings (SSSR count). The number of nitrogens with one attached hydrogen (secondary N) is 3. The molecule has 5 heteroatoms. The molecule has 0 radical (unpaired) electrons. The molecule has 0 spiro atoms. The van der Waals surface area contributed by atoms with Crippen LogP contribution in [-0.2, 0) is 0 Å². The van der Waals surface area contributed by atoms with E-state index in [4.69, 9.17) is 4.42 Å². The molecule has 2 aliphatic heterocycles. The summed E-state index contributed by atoms with van der Waals surface area (Å²) in [5.74, 6) is 0.955. The Labute approximate surface area is 135 Å². The van der Waals surface area contributed by atoms with Crippen molar-refractivity contribution in [2.75, 3.05) is 12.4 Å². The summed E-state index contributed by atoms with van der Waals surface area (Å²) in [5.41, 5.74) is 1.97. The molecule has 2 bridgehead atoms. The van der Waals surface area contributed by atoms with E-state index >= 15 is 0 Å². The Morgan fingerprint density at radius 3 is 2.91 bits per heavy atom. The molecule has 0 saturated carbocycles. The second-order valence-corrected chi connectivity index (χ2v) is 6.36. The van der Waals surface area contributed by atoms with Crippen LogP contribution in [0.5, 0.6) is 0 Å². The summed E-state index contributed by atoms with van der Waals surface area (Å²) in [6.07, 6.45) is 3.40. The van der Waals surface area contributed by atoms with Crippen molar-refractivity contribution in [1.29, 1.82) is 0 Å². The minimum absolute atomic E-state index is 0.125. The number of carbonyl (C=O) groups is 1. The Morgan fingerprint density at radius 1 is 1.26 bits per heavy atom. The third-order valence-corrected chi connectivity index (χ3v) is 4.88. The zero-order valence-corrected chi connectivity index (χ0v) is 13.1. The molecule has 3 N–H and O–H groups in total. The maximum Gasteiger partial charge on any atom is 0.287 e. The van der Waals surface area contributed by atoms with Crippen LogP contribution in [0, 0.1) is 0 Å².